The molecule has 7 rings (SSSR count). The zero-order chi connectivity index (χ0) is 29.3. The van der Waals surface area contributed by atoms with E-state index >= 15 is 0 Å². The fourth-order valence-corrected chi connectivity index (χ4v) is 5.72. The lowest BCUT2D eigenvalue weighted by Gasteiger charge is -2.26. The Bertz CT molecular complexity index is 1870. The first kappa shape index (κ1) is 25.2. The molecule has 9 heteroatoms. The van der Waals surface area contributed by atoms with Crippen molar-refractivity contribution in [3.05, 3.63) is 128 Å². The largest absolute Gasteiger partial charge is 0.454 e. The standard InChI is InChI=1S/C33H16O9/c34-15-13-41-32(39)22-11-9-20-26(30(37)18-7-3-1-5-16(18)28(20)35)24(22)25-23(33(40)42-14-15)12-10-21-27(25)31(38)19-8-4-2-6-17(19)29(21)36/h1-12H,13-14H2. The molecular weight excluding hydrogens is 540 g/mol. The van der Waals surface area contributed by atoms with Gasteiger partial charge in [0.05, 0.1) is 11.1 Å². The predicted octanol–water partition coefficient (Wildman–Crippen LogP) is 3.80. The molecule has 0 bridgehead atoms. The summed E-state index contributed by atoms with van der Waals surface area (Å²) < 4.78 is 10.4. The average molecular weight is 556 g/mol. The zero-order valence-electron chi connectivity index (χ0n) is 21.5. The zero-order valence-corrected chi connectivity index (χ0v) is 21.5. The van der Waals surface area contributed by atoms with Crippen molar-refractivity contribution in [3.8, 4) is 11.1 Å². The third kappa shape index (κ3) is 3.46. The third-order valence-corrected chi connectivity index (χ3v) is 7.61. The van der Waals surface area contributed by atoms with Crippen molar-refractivity contribution < 1.29 is 43.0 Å². The molecule has 9 nitrogen and oxygen atoms in total. The van der Waals surface area contributed by atoms with Gasteiger partial charge in [0.1, 0.15) is 0 Å². The van der Waals surface area contributed by atoms with Gasteiger partial charge >= 0.3 is 11.9 Å². The first-order chi connectivity index (χ1) is 20.3. The Balaban J connectivity index is 1.64. The van der Waals surface area contributed by atoms with Gasteiger partial charge in [-0.05, 0) is 24.3 Å². The van der Waals surface area contributed by atoms with Gasteiger partial charge in [-0.1, -0.05) is 48.5 Å². The number of cyclic esters (lactones) is 2. The first-order valence-corrected chi connectivity index (χ1v) is 12.8. The minimum absolute atomic E-state index is 0.0583. The van der Waals surface area contributed by atoms with Gasteiger partial charge in [0.2, 0.25) is 5.78 Å². The number of rotatable bonds is 0. The number of carbonyl (C=O) groups is 7. The Hall–Kier alpha value is -5.83. The van der Waals surface area contributed by atoms with E-state index in [-0.39, 0.29) is 66.8 Å². The SMILES string of the molecule is O=C1COC(=O)c2ccc3c(c2-c2c(ccc4c2C(=O)c2ccccc2C4=O)C(=O)OC1)C(=O)c1ccccc1C3=O. The van der Waals surface area contributed by atoms with Crippen LogP contribution in [-0.4, -0.2) is 54.1 Å². The minimum atomic E-state index is -1.03. The second-order valence-electron chi connectivity index (χ2n) is 9.92. The molecule has 0 aromatic heterocycles. The van der Waals surface area contributed by atoms with Gasteiger partial charge < -0.3 is 9.47 Å². The number of carbonyl (C=O) groups excluding carboxylic acids is 7. The van der Waals surface area contributed by atoms with Crippen LogP contribution in [0.2, 0.25) is 0 Å². The lowest BCUT2D eigenvalue weighted by atomic mass is 9.74. The highest BCUT2D eigenvalue weighted by atomic mass is 16.6. The molecule has 0 spiro atoms. The van der Waals surface area contributed by atoms with Crippen LogP contribution in [0.15, 0.2) is 72.8 Å². The Morgan fingerprint density at radius 3 is 1.07 bits per heavy atom. The molecule has 42 heavy (non-hydrogen) atoms. The van der Waals surface area contributed by atoms with E-state index in [1.54, 1.807) is 24.3 Å². The van der Waals surface area contributed by atoms with E-state index in [2.05, 4.69) is 0 Å². The molecule has 0 N–H and O–H groups in total. The van der Waals surface area contributed by atoms with E-state index in [0.717, 1.165) is 0 Å². The second kappa shape index (κ2) is 9.10. The quantitative estimate of drug-likeness (QED) is 0.256. The average Bonchev–Trinajstić information content (AvgIpc) is 3.03. The number of fused-ring (bicyclic) bond motifs is 9. The van der Waals surface area contributed by atoms with Crippen LogP contribution in [0.3, 0.4) is 0 Å². The Morgan fingerprint density at radius 2 is 0.690 bits per heavy atom. The van der Waals surface area contributed by atoms with Gasteiger partial charge in [-0.25, -0.2) is 9.59 Å². The van der Waals surface area contributed by atoms with Crippen LogP contribution in [-0.2, 0) is 14.3 Å². The molecule has 1 aliphatic heterocycles. The highest BCUT2D eigenvalue weighted by Crippen LogP contribution is 2.43. The molecule has 2 aliphatic carbocycles. The van der Waals surface area contributed by atoms with Crippen molar-refractivity contribution in [3.63, 3.8) is 0 Å². The maximum atomic E-state index is 14.1. The van der Waals surface area contributed by atoms with Crippen LogP contribution in [0.25, 0.3) is 11.1 Å². The van der Waals surface area contributed by atoms with Crippen molar-refractivity contribution in [2.45, 2.75) is 0 Å². The lowest BCUT2D eigenvalue weighted by Crippen LogP contribution is -2.26. The smallest absolute Gasteiger partial charge is 0.339 e. The number of benzene rings is 4. The second-order valence-corrected chi connectivity index (χ2v) is 9.92. The van der Waals surface area contributed by atoms with E-state index in [4.69, 9.17) is 9.47 Å². The summed E-state index contributed by atoms with van der Waals surface area (Å²) in [6.07, 6.45) is 0. The van der Waals surface area contributed by atoms with E-state index < -0.39 is 54.1 Å². The van der Waals surface area contributed by atoms with Crippen LogP contribution < -0.4 is 0 Å². The van der Waals surface area contributed by atoms with Crippen molar-refractivity contribution >= 4 is 40.9 Å². The molecule has 0 atom stereocenters. The predicted molar refractivity (Wildman–Crippen MR) is 144 cm³/mol. The van der Waals surface area contributed by atoms with E-state index in [9.17, 15) is 33.6 Å². The number of esters is 2. The number of ether oxygens (including phenoxy) is 2. The summed E-state index contributed by atoms with van der Waals surface area (Å²) >= 11 is 0. The topological polar surface area (TPSA) is 138 Å². The molecule has 4 aromatic rings. The molecular formula is C33H16O9. The highest BCUT2D eigenvalue weighted by Gasteiger charge is 2.40. The Morgan fingerprint density at radius 1 is 0.357 bits per heavy atom. The lowest BCUT2D eigenvalue weighted by molar-refractivity contribution is -0.125. The molecule has 0 unspecified atom stereocenters. The fourth-order valence-electron chi connectivity index (χ4n) is 5.72. The fraction of sp³-hybridized carbons (Fsp3) is 0.0606. The molecule has 4 aromatic carbocycles. The van der Waals surface area contributed by atoms with Gasteiger partial charge in [-0.15, -0.1) is 0 Å². The van der Waals surface area contributed by atoms with Crippen LogP contribution in [0, 0.1) is 0 Å². The highest BCUT2D eigenvalue weighted by molar-refractivity contribution is 6.35. The van der Waals surface area contributed by atoms with Crippen LogP contribution >= 0.6 is 0 Å². The summed E-state index contributed by atoms with van der Waals surface area (Å²) in [7, 11) is 0. The molecule has 0 amide bonds. The molecule has 0 fully saturated rings. The van der Waals surface area contributed by atoms with Crippen LogP contribution in [0.5, 0.6) is 0 Å². The summed E-state index contributed by atoms with van der Waals surface area (Å²) in [6, 6.07) is 17.4. The van der Waals surface area contributed by atoms with E-state index in [0.29, 0.717) is 0 Å². The van der Waals surface area contributed by atoms with E-state index in [1.807, 2.05) is 0 Å². The first-order valence-electron chi connectivity index (χ1n) is 12.8. The molecule has 1 heterocycles. The van der Waals surface area contributed by atoms with Crippen LogP contribution in [0.4, 0.5) is 0 Å². The number of hydrogen-bond donors (Lipinski definition) is 0. The summed E-state index contributed by atoms with van der Waals surface area (Å²) in [5.74, 6) is -5.07. The van der Waals surface area contributed by atoms with Gasteiger partial charge in [0.25, 0.3) is 0 Å². The Kier molecular flexibility index (Phi) is 5.45. The van der Waals surface area contributed by atoms with Gasteiger partial charge in [-0.2, -0.15) is 0 Å². The normalized spacial score (nSPS) is 15.7. The maximum Gasteiger partial charge on any atom is 0.339 e. The van der Waals surface area contributed by atoms with Crippen molar-refractivity contribution in [1.29, 1.82) is 0 Å². The number of hydrogen-bond acceptors (Lipinski definition) is 9. The summed E-state index contributed by atoms with van der Waals surface area (Å²) in [5, 5.41) is 0. The monoisotopic (exact) mass is 556 g/mol. The van der Waals surface area contributed by atoms with E-state index in [1.165, 1.54) is 48.5 Å². The molecule has 3 aliphatic rings. The van der Waals surface area contributed by atoms with Crippen LogP contribution in [0.1, 0.15) is 84.4 Å². The van der Waals surface area contributed by atoms with Gasteiger partial charge in [0.15, 0.2) is 36.3 Å². The summed E-state index contributed by atoms with van der Waals surface area (Å²) in [4.78, 5) is 94.6. The molecule has 202 valence electrons. The van der Waals surface area contributed by atoms with Crippen molar-refractivity contribution in [2.24, 2.45) is 0 Å². The van der Waals surface area contributed by atoms with Crippen molar-refractivity contribution in [2.75, 3.05) is 13.2 Å². The minimum Gasteiger partial charge on any atom is -0.454 e. The maximum absolute atomic E-state index is 14.1. The third-order valence-electron chi connectivity index (χ3n) is 7.61. The summed E-state index contributed by atoms with van der Waals surface area (Å²) in [5.41, 5.74) is -1.20. The number of Topliss-reactive ketones (excluding diaryl/α,β-unsaturated/α-hetero) is 1. The van der Waals surface area contributed by atoms with Gasteiger partial charge in [-0.3, -0.25) is 24.0 Å². The van der Waals surface area contributed by atoms with Gasteiger partial charge in [0, 0.05) is 55.6 Å². The van der Waals surface area contributed by atoms with Crippen molar-refractivity contribution in [1.82, 2.24) is 0 Å². The number of ketones is 5. The Labute approximate surface area is 236 Å². The molecule has 0 saturated carbocycles. The summed E-state index contributed by atoms with van der Waals surface area (Å²) in [6.45, 7) is -1.45. The molecule has 0 saturated heterocycles. The molecule has 0 radical (unpaired) electrons.